The number of H-pyrrole nitrogens is 2. The van der Waals surface area contributed by atoms with Crippen LogP contribution in [0.15, 0.2) is 55.6 Å². The van der Waals surface area contributed by atoms with Crippen molar-refractivity contribution in [1.29, 1.82) is 0 Å². The number of fused-ring (bicyclic) bond motifs is 1. The number of hydrogen-bond acceptors (Lipinski definition) is 7. The summed E-state index contributed by atoms with van der Waals surface area (Å²) in [6, 6.07) is 7.99. The van der Waals surface area contributed by atoms with Gasteiger partial charge in [0.25, 0.3) is 11.2 Å². The molecule has 0 bridgehead atoms. The van der Waals surface area contributed by atoms with Crippen molar-refractivity contribution < 1.29 is 14.1 Å². The van der Waals surface area contributed by atoms with E-state index in [1.807, 2.05) is 0 Å². The van der Waals surface area contributed by atoms with Gasteiger partial charge in [-0.1, -0.05) is 6.07 Å². The maximum atomic E-state index is 12.8. The van der Waals surface area contributed by atoms with Gasteiger partial charge in [-0.15, -0.1) is 0 Å². The molecule has 3 N–H and O–H groups in total. The number of aromatic nitrogens is 2. The van der Waals surface area contributed by atoms with E-state index in [2.05, 4.69) is 15.3 Å². The van der Waals surface area contributed by atoms with Gasteiger partial charge in [0.15, 0.2) is 5.78 Å². The molecule has 0 saturated heterocycles. The summed E-state index contributed by atoms with van der Waals surface area (Å²) in [5, 5.41) is 14.6. The van der Waals surface area contributed by atoms with Crippen LogP contribution in [0.2, 0.25) is 0 Å². The molecule has 1 aliphatic heterocycles. The molecule has 0 radical (unpaired) electrons. The molecule has 0 amide bonds. The molecule has 10 nitrogen and oxygen atoms in total. The first kappa shape index (κ1) is 19.7. The third-order valence-electron chi connectivity index (χ3n) is 5.82. The van der Waals surface area contributed by atoms with Crippen molar-refractivity contribution >= 4 is 17.3 Å². The van der Waals surface area contributed by atoms with Crippen LogP contribution in [-0.2, 0) is 4.79 Å². The zero-order chi connectivity index (χ0) is 22.6. The second-order valence-electron chi connectivity index (χ2n) is 7.90. The van der Waals surface area contributed by atoms with Gasteiger partial charge in [-0.05, 0) is 43.5 Å². The molecular formula is C22H18N4O6. The minimum Gasteiger partial charge on any atom is -0.460 e. The lowest BCUT2D eigenvalue weighted by atomic mass is 9.79. The molecule has 32 heavy (non-hydrogen) atoms. The fraction of sp³-hybridized carbons (Fsp3) is 0.227. The lowest BCUT2D eigenvalue weighted by Crippen LogP contribution is -2.35. The number of nitrogens with zero attached hydrogens (tertiary/aromatic N) is 1. The number of nitrogens with one attached hydrogen (secondary N) is 3. The highest BCUT2D eigenvalue weighted by molar-refractivity contribution is 6.00. The lowest BCUT2D eigenvalue weighted by Gasteiger charge is -2.31. The van der Waals surface area contributed by atoms with E-state index in [1.165, 1.54) is 6.07 Å². The van der Waals surface area contributed by atoms with Gasteiger partial charge in [0.1, 0.15) is 17.3 Å². The van der Waals surface area contributed by atoms with Crippen molar-refractivity contribution in [3.63, 3.8) is 0 Å². The number of hydrogen-bond donors (Lipinski definition) is 3. The smallest absolute Gasteiger partial charge is 0.327 e. The van der Waals surface area contributed by atoms with Crippen molar-refractivity contribution in [1.82, 2.24) is 9.97 Å². The second-order valence-corrected chi connectivity index (χ2v) is 7.90. The number of anilines is 1. The topological polar surface area (TPSA) is 151 Å². The molecule has 3 aromatic rings. The number of allylic oxidation sites excluding steroid dienone is 2. The summed E-state index contributed by atoms with van der Waals surface area (Å²) >= 11 is 0. The summed E-state index contributed by atoms with van der Waals surface area (Å²) in [6.45, 7) is 1.76. The second kappa shape index (κ2) is 7.19. The van der Waals surface area contributed by atoms with Gasteiger partial charge in [0, 0.05) is 23.8 Å². The predicted octanol–water partition coefficient (Wildman–Crippen LogP) is 3.10. The van der Waals surface area contributed by atoms with Gasteiger partial charge < -0.3 is 9.73 Å². The summed E-state index contributed by atoms with van der Waals surface area (Å²) in [4.78, 5) is 53.3. The van der Waals surface area contributed by atoms with E-state index in [9.17, 15) is 24.5 Å². The van der Waals surface area contributed by atoms with Gasteiger partial charge in [-0.25, -0.2) is 4.79 Å². The average molecular weight is 434 g/mol. The van der Waals surface area contributed by atoms with Crippen LogP contribution in [0.3, 0.4) is 0 Å². The van der Waals surface area contributed by atoms with Crippen molar-refractivity contribution in [3.8, 4) is 11.3 Å². The molecule has 2 aromatic heterocycles. The number of Topliss-reactive ketones (excluding diaryl/α,β-unsaturated/α-hetero) is 1. The number of ketones is 1. The standard InChI is InChI=1S/C22H18N4O6/c1-10-5-6-11(13(9-10)26(30)31)15-7-8-16(32-15)18-17-12(3-2-4-14(17)27)23-20-19(18)21(28)25-22(29)24-20/h5-9,18H,2-4H2,1H3,(H3,23,24,25,28,29). The number of aryl methyl sites for hydroxylation is 1. The predicted molar refractivity (Wildman–Crippen MR) is 115 cm³/mol. The molecule has 1 aromatic carbocycles. The summed E-state index contributed by atoms with van der Waals surface area (Å²) in [7, 11) is 0. The van der Waals surface area contributed by atoms with Gasteiger partial charge >= 0.3 is 5.69 Å². The molecule has 1 unspecified atom stereocenters. The normalized spacial score (nSPS) is 17.5. The third-order valence-corrected chi connectivity index (χ3v) is 5.82. The number of nitro groups is 1. The molecule has 0 saturated carbocycles. The van der Waals surface area contributed by atoms with Crippen LogP contribution in [0.5, 0.6) is 0 Å². The number of nitro benzene ring substituents is 1. The number of carbonyl (C=O) groups is 1. The third kappa shape index (κ3) is 3.08. The van der Waals surface area contributed by atoms with Gasteiger partial charge in [-0.2, -0.15) is 0 Å². The van der Waals surface area contributed by atoms with Crippen LogP contribution in [0.25, 0.3) is 11.3 Å². The Balaban J connectivity index is 1.70. The SMILES string of the molecule is Cc1ccc(-c2ccc(C3C4=C(CCCC4=O)Nc4[nH]c(=O)[nH]c(=O)c43)o2)c([N+](=O)[O-])c1. The maximum absolute atomic E-state index is 12.8. The van der Waals surface area contributed by atoms with Crippen LogP contribution in [-0.4, -0.2) is 20.7 Å². The first-order valence-corrected chi connectivity index (χ1v) is 10.1. The van der Waals surface area contributed by atoms with Gasteiger partial charge in [0.05, 0.1) is 22.0 Å². The van der Waals surface area contributed by atoms with Gasteiger partial charge in [0.2, 0.25) is 0 Å². The largest absolute Gasteiger partial charge is 0.460 e. The zero-order valence-electron chi connectivity index (χ0n) is 17.0. The van der Waals surface area contributed by atoms with Crippen LogP contribution in [0, 0.1) is 17.0 Å². The van der Waals surface area contributed by atoms with Crippen LogP contribution in [0.1, 0.15) is 42.1 Å². The highest BCUT2D eigenvalue weighted by Crippen LogP contribution is 2.44. The molecule has 162 valence electrons. The molecule has 2 aliphatic rings. The van der Waals surface area contributed by atoms with Crippen molar-refractivity contribution in [2.75, 3.05) is 5.32 Å². The Kier molecular flexibility index (Phi) is 4.43. The Morgan fingerprint density at radius 2 is 1.91 bits per heavy atom. The zero-order valence-corrected chi connectivity index (χ0v) is 17.0. The molecule has 5 rings (SSSR count). The highest BCUT2D eigenvalue weighted by Gasteiger charge is 2.39. The Morgan fingerprint density at radius 3 is 2.69 bits per heavy atom. The number of benzene rings is 1. The van der Waals surface area contributed by atoms with Gasteiger partial charge in [-0.3, -0.25) is 29.7 Å². The van der Waals surface area contributed by atoms with Crippen LogP contribution >= 0.6 is 0 Å². The first-order chi connectivity index (χ1) is 15.3. The molecule has 1 atom stereocenters. The van der Waals surface area contributed by atoms with Crippen molar-refractivity contribution in [2.24, 2.45) is 0 Å². The van der Waals surface area contributed by atoms with Crippen LogP contribution in [0.4, 0.5) is 11.5 Å². The first-order valence-electron chi connectivity index (χ1n) is 10.1. The molecule has 10 heteroatoms. The Morgan fingerprint density at radius 1 is 1.09 bits per heavy atom. The summed E-state index contributed by atoms with van der Waals surface area (Å²) in [5.41, 5.74) is 0.843. The van der Waals surface area contributed by atoms with E-state index in [4.69, 9.17) is 4.42 Å². The Bertz CT molecular complexity index is 1440. The molecule has 0 spiro atoms. The minimum atomic E-state index is -0.840. The van der Waals surface area contributed by atoms with Crippen molar-refractivity contribution in [2.45, 2.75) is 32.1 Å². The summed E-state index contributed by atoms with van der Waals surface area (Å²) in [5.74, 6) is -0.195. The lowest BCUT2D eigenvalue weighted by molar-refractivity contribution is -0.384. The average Bonchev–Trinajstić information content (AvgIpc) is 3.22. The molecule has 1 aliphatic carbocycles. The minimum absolute atomic E-state index is 0.104. The van der Waals surface area contributed by atoms with E-state index in [1.54, 1.807) is 31.2 Å². The van der Waals surface area contributed by atoms with Crippen LogP contribution < -0.4 is 16.6 Å². The Hall–Kier alpha value is -4.21. The fourth-order valence-corrected chi connectivity index (χ4v) is 4.43. The van der Waals surface area contributed by atoms with Crippen molar-refractivity contribution in [3.05, 3.63) is 89.4 Å². The van der Waals surface area contributed by atoms with E-state index in [0.717, 1.165) is 5.56 Å². The quantitative estimate of drug-likeness (QED) is 0.423. The number of rotatable bonds is 3. The summed E-state index contributed by atoms with van der Waals surface area (Å²) in [6.07, 6.45) is 1.58. The highest BCUT2D eigenvalue weighted by atomic mass is 16.6. The number of aromatic amines is 2. The van der Waals surface area contributed by atoms with E-state index < -0.39 is 22.1 Å². The molecule has 0 fully saturated rings. The Labute approximate surface area is 180 Å². The molecular weight excluding hydrogens is 416 g/mol. The monoisotopic (exact) mass is 434 g/mol. The summed E-state index contributed by atoms with van der Waals surface area (Å²) < 4.78 is 6.02. The maximum Gasteiger partial charge on any atom is 0.327 e. The van der Waals surface area contributed by atoms with E-state index >= 15 is 0 Å². The number of carbonyl (C=O) groups excluding carboxylic acids is 1. The number of furan rings is 1. The fourth-order valence-electron chi connectivity index (χ4n) is 4.43. The van der Waals surface area contributed by atoms with E-state index in [-0.39, 0.29) is 34.4 Å². The van der Waals surface area contributed by atoms with E-state index in [0.29, 0.717) is 36.1 Å². The molecule has 3 heterocycles.